The van der Waals surface area contributed by atoms with Crippen molar-refractivity contribution >= 4 is 33.3 Å². The Bertz CT molecular complexity index is 767. The lowest BCUT2D eigenvalue weighted by Gasteiger charge is -2.08. The van der Waals surface area contributed by atoms with Crippen molar-refractivity contribution in [1.29, 1.82) is 0 Å². The van der Waals surface area contributed by atoms with Gasteiger partial charge in [-0.15, -0.1) is 23.1 Å². The molecule has 1 aliphatic rings. The van der Waals surface area contributed by atoms with E-state index in [9.17, 15) is 0 Å². The summed E-state index contributed by atoms with van der Waals surface area (Å²) < 4.78 is 5.70. The molecule has 3 aromatic rings. The third kappa shape index (κ3) is 2.89. The molecule has 0 saturated carbocycles. The molecule has 0 spiro atoms. The first-order valence-electron chi connectivity index (χ1n) is 7.44. The van der Waals surface area contributed by atoms with Crippen LogP contribution in [0.15, 0.2) is 47.8 Å². The minimum atomic E-state index is 0.377. The second-order valence-electron chi connectivity index (χ2n) is 5.32. The average molecular weight is 328 g/mol. The molecule has 4 rings (SSSR count). The Labute approximate surface area is 137 Å². The molecule has 0 amide bonds. The van der Waals surface area contributed by atoms with Crippen molar-refractivity contribution in [1.82, 2.24) is 9.97 Å². The highest BCUT2D eigenvalue weighted by Crippen LogP contribution is 2.36. The van der Waals surface area contributed by atoms with Gasteiger partial charge in [-0.2, -0.15) is 0 Å². The molecule has 1 fully saturated rings. The largest absolute Gasteiger partial charge is 0.377 e. The van der Waals surface area contributed by atoms with Crippen LogP contribution in [0.2, 0.25) is 0 Å². The first-order valence-corrected chi connectivity index (χ1v) is 9.25. The van der Waals surface area contributed by atoms with Crippen molar-refractivity contribution in [3.8, 4) is 10.4 Å². The number of fused-ring (bicyclic) bond motifs is 1. The molecule has 0 radical (unpaired) electrons. The van der Waals surface area contributed by atoms with Crippen molar-refractivity contribution in [2.75, 3.05) is 12.4 Å². The van der Waals surface area contributed by atoms with Gasteiger partial charge >= 0.3 is 0 Å². The fourth-order valence-corrected chi connectivity index (χ4v) is 4.75. The van der Waals surface area contributed by atoms with Crippen LogP contribution in [0.25, 0.3) is 20.7 Å². The SMILES string of the molecule is c1ccc(-c2cc3c(SCC4CCCO4)ncnc3s2)cc1. The molecule has 22 heavy (non-hydrogen) atoms. The third-order valence-corrected chi connectivity index (χ3v) is 6.01. The molecule has 0 bridgehead atoms. The van der Waals surface area contributed by atoms with Gasteiger partial charge in [0, 0.05) is 22.6 Å². The predicted molar refractivity (Wildman–Crippen MR) is 92.5 cm³/mol. The Kier molecular flexibility index (Phi) is 4.10. The van der Waals surface area contributed by atoms with Gasteiger partial charge in [0.15, 0.2) is 0 Å². The van der Waals surface area contributed by atoms with Crippen molar-refractivity contribution in [3.05, 3.63) is 42.7 Å². The Balaban J connectivity index is 1.63. The molecule has 2 aromatic heterocycles. The Morgan fingerprint density at radius 1 is 1.23 bits per heavy atom. The van der Waals surface area contributed by atoms with E-state index in [-0.39, 0.29) is 0 Å². The molecule has 3 nitrogen and oxygen atoms in total. The smallest absolute Gasteiger partial charge is 0.128 e. The maximum Gasteiger partial charge on any atom is 0.128 e. The quantitative estimate of drug-likeness (QED) is 0.517. The van der Waals surface area contributed by atoms with Gasteiger partial charge in [-0.3, -0.25) is 0 Å². The fourth-order valence-electron chi connectivity index (χ4n) is 2.64. The van der Waals surface area contributed by atoms with Crippen LogP contribution in [0.3, 0.4) is 0 Å². The lowest BCUT2D eigenvalue weighted by Crippen LogP contribution is -2.07. The summed E-state index contributed by atoms with van der Waals surface area (Å²) in [7, 11) is 0. The van der Waals surface area contributed by atoms with E-state index in [2.05, 4.69) is 40.3 Å². The first kappa shape index (κ1) is 14.2. The van der Waals surface area contributed by atoms with E-state index in [1.807, 2.05) is 6.07 Å². The first-order chi connectivity index (χ1) is 10.9. The lowest BCUT2D eigenvalue weighted by molar-refractivity contribution is 0.129. The van der Waals surface area contributed by atoms with Crippen LogP contribution in [-0.2, 0) is 4.74 Å². The average Bonchev–Trinajstić information content (AvgIpc) is 3.23. The second-order valence-corrected chi connectivity index (χ2v) is 7.36. The van der Waals surface area contributed by atoms with E-state index in [0.29, 0.717) is 6.10 Å². The van der Waals surface area contributed by atoms with Crippen LogP contribution < -0.4 is 0 Å². The van der Waals surface area contributed by atoms with Crippen molar-refractivity contribution in [2.24, 2.45) is 0 Å². The predicted octanol–water partition coefficient (Wildman–Crippen LogP) is 4.63. The van der Waals surface area contributed by atoms with Crippen molar-refractivity contribution < 1.29 is 4.74 Å². The maximum absolute atomic E-state index is 5.70. The molecular formula is C17H16N2OS2. The number of ether oxygens (including phenoxy) is 1. The van der Waals surface area contributed by atoms with E-state index in [1.165, 1.54) is 23.3 Å². The van der Waals surface area contributed by atoms with Gasteiger partial charge in [0.1, 0.15) is 16.2 Å². The zero-order valence-electron chi connectivity index (χ0n) is 12.1. The molecule has 0 N–H and O–H groups in total. The zero-order chi connectivity index (χ0) is 14.8. The molecular weight excluding hydrogens is 312 g/mol. The summed E-state index contributed by atoms with van der Waals surface area (Å²) in [6.07, 6.45) is 4.40. The summed E-state index contributed by atoms with van der Waals surface area (Å²) in [5.41, 5.74) is 1.24. The number of hydrogen-bond donors (Lipinski definition) is 0. The fraction of sp³-hybridized carbons (Fsp3) is 0.294. The Morgan fingerprint density at radius 3 is 2.95 bits per heavy atom. The minimum absolute atomic E-state index is 0.377. The maximum atomic E-state index is 5.70. The van der Waals surface area contributed by atoms with Crippen molar-refractivity contribution in [2.45, 2.75) is 24.0 Å². The standard InChI is InChI=1S/C17H16N2OS2/c1-2-5-12(6-3-1)15-9-14-16(18-11-19-17(14)22-15)21-10-13-7-4-8-20-13/h1-3,5-6,9,11,13H,4,7-8,10H2. The van der Waals surface area contributed by atoms with Crippen molar-refractivity contribution in [3.63, 3.8) is 0 Å². The minimum Gasteiger partial charge on any atom is -0.377 e. The van der Waals surface area contributed by atoms with Gasteiger partial charge in [-0.05, 0) is 24.5 Å². The summed E-state index contributed by atoms with van der Waals surface area (Å²) in [5, 5.41) is 2.23. The summed E-state index contributed by atoms with van der Waals surface area (Å²) in [4.78, 5) is 11.2. The van der Waals surface area contributed by atoms with E-state index >= 15 is 0 Å². The van der Waals surface area contributed by atoms with Gasteiger partial charge in [0.05, 0.1) is 6.10 Å². The van der Waals surface area contributed by atoms with Crippen LogP contribution in [0, 0.1) is 0 Å². The lowest BCUT2D eigenvalue weighted by atomic mass is 10.2. The normalized spacial score (nSPS) is 18.1. The van der Waals surface area contributed by atoms with Crippen LogP contribution in [-0.4, -0.2) is 28.4 Å². The van der Waals surface area contributed by atoms with E-state index in [4.69, 9.17) is 4.74 Å². The summed E-state index contributed by atoms with van der Waals surface area (Å²) in [6, 6.07) is 12.7. The summed E-state index contributed by atoms with van der Waals surface area (Å²) in [5.74, 6) is 0.975. The number of benzene rings is 1. The summed E-state index contributed by atoms with van der Waals surface area (Å²) in [6.45, 7) is 0.904. The number of hydrogen-bond acceptors (Lipinski definition) is 5. The number of aromatic nitrogens is 2. The highest BCUT2D eigenvalue weighted by Gasteiger charge is 2.17. The van der Waals surface area contributed by atoms with E-state index in [1.54, 1.807) is 29.4 Å². The Morgan fingerprint density at radius 2 is 2.14 bits per heavy atom. The zero-order valence-corrected chi connectivity index (χ0v) is 13.7. The van der Waals surface area contributed by atoms with Gasteiger partial charge in [-0.25, -0.2) is 9.97 Å². The molecule has 1 atom stereocenters. The van der Waals surface area contributed by atoms with E-state index in [0.717, 1.165) is 27.6 Å². The highest BCUT2D eigenvalue weighted by molar-refractivity contribution is 7.99. The van der Waals surface area contributed by atoms with Crippen LogP contribution in [0.4, 0.5) is 0 Å². The summed E-state index contributed by atoms with van der Waals surface area (Å²) >= 11 is 3.51. The molecule has 1 aromatic carbocycles. The molecule has 3 heterocycles. The topological polar surface area (TPSA) is 35.0 Å². The Hall–Kier alpha value is -1.43. The molecule has 0 aliphatic carbocycles. The molecule has 112 valence electrons. The van der Waals surface area contributed by atoms with E-state index < -0.39 is 0 Å². The second kappa shape index (κ2) is 6.36. The molecule has 1 aliphatic heterocycles. The number of rotatable bonds is 4. The molecule has 1 saturated heterocycles. The van der Waals surface area contributed by atoms with Gasteiger partial charge in [-0.1, -0.05) is 30.3 Å². The number of thioether (sulfide) groups is 1. The van der Waals surface area contributed by atoms with Gasteiger partial charge < -0.3 is 4.74 Å². The highest BCUT2D eigenvalue weighted by atomic mass is 32.2. The molecule has 5 heteroatoms. The molecule has 1 unspecified atom stereocenters. The van der Waals surface area contributed by atoms with Crippen LogP contribution in [0.1, 0.15) is 12.8 Å². The van der Waals surface area contributed by atoms with Gasteiger partial charge in [0.25, 0.3) is 0 Å². The van der Waals surface area contributed by atoms with Gasteiger partial charge in [0.2, 0.25) is 0 Å². The van der Waals surface area contributed by atoms with Crippen LogP contribution >= 0.6 is 23.1 Å². The van der Waals surface area contributed by atoms with Crippen LogP contribution in [0.5, 0.6) is 0 Å². The number of thiophene rings is 1. The monoisotopic (exact) mass is 328 g/mol. The third-order valence-electron chi connectivity index (χ3n) is 3.78. The number of nitrogens with zero attached hydrogens (tertiary/aromatic N) is 2.